The van der Waals surface area contributed by atoms with Crippen LogP contribution in [0.15, 0.2) is 42.5 Å². The predicted octanol–water partition coefficient (Wildman–Crippen LogP) is 3.91. The van der Waals surface area contributed by atoms with Gasteiger partial charge in [0.15, 0.2) is 0 Å². The normalized spacial score (nSPS) is 16.8. The molecule has 0 bridgehead atoms. The van der Waals surface area contributed by atoms with Gasteiger partial charge in [-0.15, -0.1) is 0 Å². The number of halogens is 3. The molecule has 7 nitrogen and oxygen atoms in total. The number of para-hydroxylation sites is 1. The van der Waals surface area contributed by atoms with E-state index in [-0.39, 0.29) is 30.0 Å². The van der Waals surface area contributed by atoms with Crippen molar-refractivity contribution in [3.8, 4) is 0 Å². The lowest BCUT2D eigenvalue weighted by Gasteiger charge is -2.18. The molecule has 152 valence electrons. The van der Waals surface area contributed by atoms with E-state index in [0.717, 1.165) is 12.1 Å². The van der Waals surface area contributed by atoms with Crippen LogP contribution in [0.25, 0.3) is 0 Å². The molecule has 0 unspecified atom stereocenters. The SMILES string of the molecule is Cc1ccc(N2C[C@H](C(=O)Nc3ccccc3C(F)(F)F)CC2=O)cc1[N+](=O)[O-]. The summed E-state index contributed by atoms with van der Waals surface area (Å²) in [6.45, 7) is 1.47. The van der Waals surface area contributed by atoms with E-state index >= 15 is 0 Å². The number of anilines is 2. The molecule has 2 aromatic rings. The van der Waals surface area contributed by atoms with Crippen LogP contribution in [-0.2, 0) is 15.8 Å². The first-order chi connectivity index (χ1) is 13.6. The minimum absolute atomic E-state index is 0.0843. The number of rotatable bonds is 4. The minimum Gasteiger partial charge on any atom is -0.325 e. The Labute approximate surface area is 163 Å². The smallest absolute Gasteiger partial charge is 0.325 e. The van der Waals surface area contributed by atoms with Gasteiger partial charge >= 0.3 is 6.18 Å². The van der Waals surface area contributed by atoms with Gasteiger partial charge in [0.25, 0.3) is 5.69 Å². The predicted molar refractivity (Wildman–Crippen MR) is 98.4 cm³/mol. The van der Waals surface area contributed by atoms with Crippen LogP contribution >= 0.6 is 0 Å². The maximum absolute atomic E-state index is 13.1. The number of benzene rings is 2. The van der Waals surface area contributed by atoms with Crippen molar-refractivity contribution in [1.29, 1.82) is 0 Å². The lowest BCUT2D eigenvalue weighted by Crippen LogP contribution is -2.28. The van der Waals surface area contributed by atoms with E-state index in [9.17, 15) is 32.9 Å². The average molecular weight is 407 g/mol. The largest absolute Gasteiger partial charge is 0.418 e. The van der Waals surface area contributed by atoms with Gasteiger partial charge in [0, 0.05) is 24.6 Å². The fraction of sp³-hybridized carbons (Fsp3) is 0.263. The Morgan fingerprint density at radius 3 is 2.59 bits per heavy atom. The molecule has 1 fully saturated rings. The number of nitrogens with one attached hydrogen (secondary N) is 1. The van der Waals surface area contributed by atoms with Gasteiger partial charge in [-0.25, -0.2) is 0 Å². The molecular weight excluding hydrogens is 391 g/mol. The molecule has 2 aromatic carbocycles. The van der Waals surface area contributed by atoms with Crippen molar-refractivity contribution in [2.24, 2.45) is 5.92 Å². The molecule has 0 saturated carbocycles. The third-order valence-electron chi connectivity index (χ3n) is 4.69. The number of amides is 2. The summed E-state index contributed by atoms with van der Waals surface area (Å²) in [5.74, 6) is -2.05. The number of hydrogen-bond donors (Lipinski definition) is 1. The molecule has 2 amide bonds. The second-order valence-corrected chi connectivity index (χ2v) is 6.67. The zero-order valence-corrected chi connectivity index (χ0v) is 15.2. The third-order valence-corrected chi connectivity index (χ3v) is 4.69. The molecule has 1 aliphatic heterocycles. The van der Waals surface area contributed by atoms with Gasteiger partial charge in [0.2, 0.25) is 11.8 Å². The minimum atomic E-state index is -4.64. The molecule has 1 atom stereocenters. The van der Waals surface area contributed by atoms with E-state index in [0.29, 0.717) is 5.56 Å². The Kier molecular flexibility index (Phi) is 5.27. The maximum atomic E-state index is 13.1. The Bertz CT molecular complexity index is 991. The third kappa shape index (κ3) is 4.20. The summed E-state index contributed by atoms with van der Waals surface area (Å²) in [6, 6.07) is 8.83. The molecule has 1 saturated heterocycles. The Morgan fingerprint density at radius 2 is 1.93 bits per heavy atom. The van der Waals surface area contributed by atoms with Crippen molar-refractivity contribution in [2.45, 2.75) is 19.5 Å². The lowest BCUT2D eigenvalue weighted by atomic mass is 10.1. The maximum Gasteiger partial charge on any atom is 0.418 e. The van der Waals surface area contributed by atoms with Crippen LogP contribution in [0.4, 0.5) is 30.2 Å². The molecule has 29 heavy (non-hydrogen) atoms. The van der Waals surface area contributed by atoms with Crippen molar-refractivity contribution in [1.82, 2.24) is 0 Å². The lowest BCUT2D eigenvalue weighted by molar-refractivity contribution is -0.385. The van der Waals surface area contributed by atoms with Crippen LogP contribution in [0.2, 0.25) is 0 Å². The Hall–Kier alpha value is -3.43. The first-order valence-corrected chi connectivity index (χ1v) is 8.60. The molecule has 10 heteroatoms. The average Bonchev–Trinajstić information content (AvgIpc) is 3.03. The molecule has 1 N–H and O–H groups in total. The van der Waals surface area contributed by atoms with Crippen molar-refractivity contribution < 1.29 is 27.7 Å². The van der Waals surface area contributed by atoms with Gasteiger partial charge in [-0.05, 0) is 25.1 Å². The molecular formula is C19H16F3N3O4. The number of alkyl halides is 3. The summed E-state index contributed by atoms with van der Waals surface area (Å²) in [6.07, 6.45) is -4.84. The molecule has 0 aliphatic carbocycles. The highest BCUT2D eigenvalue weighted by Crippen LogP contribution is 2.35. The summed E-state index contributed by atoms with van der Waals surface area (Å²) in [5, 5.41) is 13.3. The zero-order valence-electron chi connectivity index (χ0n) is 15.2. The van der Waals surface area contributed by atoms with Crippen molar-refractivity contribution in [2.75, 3.05) is 16.8 Å². The second kappa shape index (κ2) is 7.53. The van der Waals surface area contributed by atoms with Gasteiger partial charge in [0.05, 0.1) is 27.8 Å². The molecule has 0 radical (unpaired) electrons. The summed E-state index contributed by atoms with van der Waals surface area (Å²) >= 11 is 0. The van der Waals surface area contributed by atoms with Gasteiger partial charge < -0.3 is 10.2 Å². The summed E-state index contributed by atoms with van der Waals surface area (Å²) in [7, 11) is 0. The van der Waals surface area contributed by atoms with Gasteiger partial charge in [-0.1, -0.05) is 18.2 Å². The number of nitro benzene ring substituents is 1. The van der Waals surface area contributed by atoms with Crippen LogP contribution in [0, 0.1) is 23.0 Å². The highest BCUT2D eigenvalue weighted by atomic mass is 19.4. The quantitative estimate of drug-likeness (QED) is 0.614. The van der Waals surface area contributed by atoms with E-state index in [1.807, 2.05) is 0 Å². The Balaban J connectivity index is 1.78. The summed E-state index contributed by atoms with van der Waals surface area (Å²) in [4.78, 5) is 36.6. The molecule has 1 aliphatic rings. The van der Waals surface area contributed by atoms with Crippen molar-refractivity contribution >= 4 is 28.9 Å². The van der Waals surface area contributed by atoms with Crippen LogP contribution in [0.1, 0.15) is 17.5 Å². The van der Waals surface area contributed by atoms with Crippen molar-refractivity contribution in [3.05, 3.63) is 63.7 Å². The van der Waals surface area contributed by atoms with Crippen LogP contribution in [0.5, 0.6) is 0 Å². The van der Waals surface area contributed by atoms with Crippen LogP contribution in [-0.4, -0.2) is 23.3 Å². The first-order valence-electron chi connectivity index (χ1n) is 8.60. The van der Waals surface area contributed by atoms with Gasteiger partial charge in [0.1, 0.15) is 0 Å². The highest BCUT2D eigenvalue weighted by molar-refractivity contribution is 6.03. The number of nitro groups is 1. The molecule has 1 heterocycles. The van der Waals surface area contributed by atoms with Crippen molar-refractivity contribution in [3.63, 3.8) is 0 Å². The summed E-state index contributed by atoms with van der Waals surface area (Å²) in [5.41, 5.74) is -0.852. The highest BCUT2D eigenvalue weighted by Gasteiger charge is 2.38. The van der Waals surface area contributed by atoms with E-state index < -0.39 is 34.4 Å². The van der Waals surface area contributed by atoms with E-state index in [1.54, 1.807) is 6.92 Å². The Morgan fingerprint density at radius 1 is 1.24 bits per heavy atom. The van der Waals surface area contributed by atoms with Gasteiger partial charge in [-0.2, -0.15) is 13.2 Å². The van der Waals surface area contributed by atoms with Gasteiger partial charge in [-0.3, -0.25) is 19.7 Å². The fourth-order valence-electron chi connectivity index (χ4n) is 3.17. The monoisotopic (exact) mass is 407 g/mol. The van der Waals surface area contributed by atoms with E-state index in [2.05, 4.69) is 5.32 Å². The van der Waals surface area contributed by atoms with Crippen LogP contribution < -0.4 is 10.2 Å². The molecule has 0 aromatic heterocycles. The van der Waals surface area contributed by atoms with E-state index in [1.165, 1.54) is 35.2 Å². The molecule has 3 rings (SSSR count). The molecule has 0 spiro atoms. The van der Waals surface area contributed by atoms with E-state index in [4.69, 9.17) is 0 Å². The second-order valence-electron chi connectivity index (χ2n) is 6.67. The summed E-state index contributed by atoms with van der Waals surface area (Å²) < 4.78 is 39.3. The number of aryl methyl sites for hydroxylation is 1. The number of carbonyl (C=O) groups is 2. The number of carbonyl (C=O) groups excluding carboxylic acids is 2. The topological polar surface area (TPSA) is 92.6 Å². The van der Waals surface area contributed by atoms with Crippen LogP contribution in [0.3, 0.4) is 0 Å². The number of hydrogen-bond acceptors (Lipinski definition) is 4. The zero-order chi connectivity index (χ0) is 21.3. The first kappa shape index (κ1) is 20.3. The standard InChI is InChI=1S/C19H16F3N3O4/c1-11-6-7-13(9-16(11)25(28)29)24-10-12(8-17(24)26)18(27)23-15-5-3-2-4-14(15)19(20,21)22/h2-7,9,12H,8,10H2,1H3,(H,23,27)/t12-/m1/s1. The number of nitrogens with zero attached hydrogens (tertiary/aromatic N) is 2. The fourth-order valence-corrected chi connectivity index (χ4v) is 3.17.